The van der Waals surface area contributed by atoms with Crippen LogP contribution in [0.15, 0.2) is 18.3 Å². The number of hydrogen-bond donors (Lipinski definition) is 1. The van der Waals surface area contributed by atoms with Crippen LogP contribution < -0.4 is 10.1 Å². The fourth-order valence-electron chi connectivity index (χ4n) is 2.12. The van der Waals surface area contributed by atoms with Crippen LogP contribution in [-0.2, 0) is 4.74 Å². The number of carbonyl (C=O) groups is 1. The molecule has 2 rings (SSSR count). The number of piperidine rings is 1. The zero-order valence-corrected chi connectivity index (χ0v) is 11.2. The molecule has 1 N–H and O–H groups in total. The maximum Gasteiger partial charge on any atom is 0.343 e. The molecule has 1 fully saturated rings. The van der Waals surface area contributed by atoms with Crippen molar-refractivity contribution >= 4 is 5.97 Å². The second-order valence-electron chi connectivity index (χ2n) is 4.53. The normalized spacial score (nSPS) is 18.9. The molecule has 2 heterocycles. The molecule has 1 aliphatic heterocycles. The van der Waals surface area contributed by atoms with Gasteiger partial charge in [0, 0.05) is 12.2 Å². The van der Waals surface area contributed by atoms with Crippen molar-refractivity contribution in [2.75, 3.05) is 19.8 Å². The fraction of sp³-hybridized carbons (Fsp3) is 0.571. The van der Waals surface area contributed by atoms with Gasteiger partial charge in [-0.1, -0.05) is 6.42 Å². The van der Waals surface area contributed by atoms with Crippen molar-refractivity contribution in [2.45, 2.75) is 32.2 Å². The van der Waals surface area contributed by atoms with Crippen LogP contribution in [0.1, 0.15) is 36.5 Å². The summed E-state index contributed by atoms with van der Waals surface area (Å²) in [5, 5.41) is 3.39. The quantitative estimate of drug-likeness (QED) is 0.821. The van der Waals surface area contributed by atoms with Crippen molar-refractivity contribution in [2.24, 2.45) is 0 Å². The van der Waals surface area contributed by atoms with E-state index in [1.807, 2.05) is 0 Å². The van der Waals surface area contributed by atoms with Crippen molar-refractivity contribution < 1.29 is 14.3 Å². The zero-order valence-electron chi connectivity index (χ0n) is 11.2. The van der Waals surface area contributed by atoms with Crippen molar-refractivity contribution in [3.63, 3.8) is 0 Å². The maximum atomic E-state index is 11.8. The standard InChI is InChI=1S/C14H20N2O3/c1-2-18-14(17)12-7-5-9-16-13(12)19-10-11-6-3-4-8-15-11/h5,7,9,11,15H,2-4,6,8,10H2,1H3. The van der Waals surface area contributed by atoms with Crippen LogP contribution in [0.4, 0.5) is 0 Å². The van der Waals surface area contributed by atoms with Gasteiger partial charge in [0.2, 0.25) is 5.88 Å². The van der Waals surface area contributed by atoms with Gasteiger partial charge in [0.15, 0.2) is 0 Å². The molecule has 1 unspecified atom stereocenters. The highest BCUT2D eigenvalue weighted by atomic mass is 16.5. The lowest BCUT2D eigenvalue weighted by Gasteiger charge is -2.23. The smallest absolute Gasteiger partial charge is 0.343 e. The summed E-state index contributed by atoms with van der Waals surface area (Å²) in [6, 6.07) is 3.72. The molecule has 0 spiro atoms. The van der Waals surface area contributed by atoms with E-state index in [0.29, 0.717) is 30.7 Å². The number of carbonyl (C=O) groups excluding carboxylic acids is 1. The Morgan fingerprint density at radius 2 is 2.42 bits per heavy atom. The van der Waals surface area contributed by atoms with Gasteiger partial charge in [0.1, 0.15) is 12.2 Å². The molecule has 1 atom stereocenters. The van der Waals surface area contributed by atoms with E-state index in [0.717, 1.165) is 13.0 Å². The molecule has 5 nitrogen and oxygen atoms in total. The van der Waals surface area contributed by atoms with Crippen molar-refractivity contribution in [3.05, 3.63) is 23.9 Å². The summed E-state index contributed by atoms with van der Waals surface area (Å²) >= 11 is 0. The van der Waals surface area contributed by atoms with E-state index in [1.54, 1.807) is 25.3 Å². The zero-order chi connectivity index (χ0) is 13.5. The summed E-state index contributed by atoms with van der Waals surface area (Å²) in [5.41, 5.74) is 0.389. The monoisotopic (exact) mass is 264 g/mol. The second kappa shape index (κ2) is 7.09. The second-order valence-corrected chi connectivity index (χ2v) is 4.53. The third-order valence-corrected chi connectivity index (χ3v) is 3.10. The summed E-state index contributed by atoms with van der Waals surface area (Å²) in [6.45, 7) is 3.68. The van der Waals surface area contributed by atoms with E-state index < -0.39 is 0 Å². The molecule has 0 bridgehead atoms. The number of rotatable bonds is 5. The molecule has 0 amide bonds. The average molecular weight is 264 g/mol. The van der Waals surface area contributed by atoms with Gasteiger partial charge in [0.25, 0.3) is 0 Å². The Balaban J connectivity index is 1.97. The lowest BCUT2D eigenvalue weighted by molar-refractivity contribution is 0.0519. The number of ether oxygens (including phenoxy) is 2. The van der Waals surface area contributed by atoms with Gasteiger partial charge in [-0.05, 0) is 38.4 Å². The van der Waals surface area contributed by atoms with Gasteiger partial charge in [-0.15, -0.1) is 0 Å². The highest BCUT2D eigenvalue weighted by Gasteiger charge is 2.17. The van der Waals surface area contributed by atoms with Crippen molar-refractivity contribution in [3.8, 4) is 5.88 Å². The van der Waals surface area contributed by atoms with Gasteiger partial charge in [-0.25, -0.2) is 9.78 Å². The Bertz CT molecular complexity index is 417. The van der Waals surface area contributed by atoms with Crippen LogP contribution in [0.2, 0.25) is 0 Å². The van der Waals surface area contributed by atoms with Crippen LogP contribution in [0.3, 0.4) is 0 Å². The van der Waals surface area contributed by atoms with E-state index in [-0.39, 0.29) is 5.97 Å². The van der Waals surface area contributed by atoms with Gasteiger partial charge in [-0.3, -0.25) is 0 Å². The number of nitrogens with one attached hydrogen (secondary N) is 1. The Kier molecular flexibility index (Phi) is 5.15. The minimum absolute atomic E-state index is 0.339. The Morgan fingerprint density at radius 3 is 3.16 bits per heavy atom. The lowest BCUT2D eigenvalue weighted by atomic mass is 10.1. The lowest BCUT2D eigenvalue weighted by Crippen LogP contribution is -2.38. The van der Waals surface area contributed by atoms with E-state index in [9.17, 15) is 4.79 Å². The van der Waals surface area contributed by atoms with Crippen LogP contribution in [0.5, 0.6) is 5.88 Å². The first-order valence-electron chi connectivity index (χ1n) is 6.79. The first kappa shape index (κ1) is 13.8. The third-order valence-electron chi connectivity index (χ3n) is 3.10. The molecule has 19 heavy (non-hydrogen) atoms. The number of aromatic nitrogens is 1. The maximum absolute atomic E-state index is 11.8. The fourth-order valence-corrected chi connectivity index (χ4v) is 2.12. The molecular formula is C14H20N2O3. The van der Waals surface area contributed by atoms with Gasteiger partial charge in [0.05, 0.1) is 6.61 Å². The highest BCUT2D eigenvalue weighted by Crippen LogP contribution is 2.17. The number of hydrogen-bond acceptors (Lipinski definition) is 5. The largest absolute Gasteiger partial charge is 0.475 e. The predicted octanol–water partition coefficient (Wildman–Crippen LogP) is 1.78. The predicted molar refractivity (Wildman–Crippen MR) is 71.3 cm³/mol. The molecule has 5 heteroatoms. The molecular weight excluding hydrogens is 244 g/mol. The summed E-state index contributed by atoms with van der Waals surface area (Å²) in [7, 11) is 0. The topological polar surface area (TPSA) is 60.5 Å². The summed E-state index contributed by atoms with van der Waals surface area (Å²) in [4.78, 5) is 15.9. The Morgan fingerprint density at radius 1 is 1.53 bits per heavy atom. The minimum atomic E-state index is -0.387. The van der Waals surface area contributed by atoms with Crippen LogP contribution in [0.25, 0.3) is 0 Å². The van der Waals surface area contributed by atoms with Crippen LogP contribution in [0, 0.1) is 0 Å². The number of nitrogens with zero attached hydrogens (tertiary/aromatic N) is 1. The Hall–Kier alpha value is -1.62. The molecule has 1 aliphatic rings. The van der Waals surface area contributed by atoms with Crippen molar-refractivity contribution in [1.29, 1.82) is 0 Å². The third kappa shape index (κ3) is 3.92. The average Bonchev–Trinajstić information content (AvgIpc) is 2.47. The molecule has 0 aromatic carbocycles. The minimum Gasteiger partial charge on any atom is -0.475 e. The van der Waals surface area contributed by atoms with E-state index >= 15 is 0 Å². The first-order valence-corrected chi connectivity index (χ1v) is 6.79. The molecule has 0 radical (unpaired) electrons. The van der Waals surface area contributed by atoms with Gasteiger partial charge < -0.3 is 14.8 Å². The number of pyridine rings is 1. The van der Waals surface area contributed by atoms with E-state index in [4.69, 9.17) is 9.47 Å². The van der Waals surface area contributed by atoms with Gasteiger partial charge in [-0.2, -0.15) is 0 Å². The molecule has 0 saturated carbocycles. The van der Waals surface area contributed by atoms with Crippen LogP contribution >= 0.6 is 0 Å². The molecule has 0 aliphatic carbocycles. The summed E-state index contributed by atoms with van der Waals surface area (Å²) in [5.74, 6) is -0.0319. The van der Waals surface area contributed by atoms with Crippen LogP contribution in [-0.4, -0.2) is 36.8 Å². The van der Waals surface area contributed by atoms with E-state index in [1.165, 1.54) is 12.8 Å². The Labute approximate surface area is 113 Å². The SMILES string of the molecule is CCOC(=O)c1cccnc1OCC1CCCCN1. The van der Waals surface area contributed by atoms with E-state index in [2.05, 4.69) is 10.3 Å². The first-order chi connectivity index (χ1) is 9.31. The highest BCUT2D eigenvalue weighted by molar-refractivity contribution is 5.91. The molecule has 1 aromatic heterocycles. The summed E-state index contributed by atoms with van der Waals surface area (Å²) < 4.78 is 10.7. The molecule has 1 aromatic rings. The molecule has 1 saturated heterocycles. The van der Waals surface area contributed by atoms with Crippen molar-refractivity contribution in [1.82, 2.24) is 10.3 Å². The number of esters is 1. The molecule has 104 valence electrons. The summed E-state index contributed by atoms with van der Waals surface area (Å²) in [6.07, 6.45) is 5.15. The van der Waals surface area contributed by atoms with Gasteiger partial charge >= 0.3 is 5.97 Å².